The van der Waals surface area contributed by atoms with Crippen molar-refractivity contribution >= 4 is 12.3 Å². The number of hydrogen-bond acceptors (Lipinski definition) is 9. The molecule has 4 aliphatic carbocycles. The fourth-order valence-electron chi connectivity index (χ4n) is 9.80. The molecule has 11 atom stereocenters. The van der Waals surface area contributed by atoms with Crippen molar-refractivity contribution in [3.05, 3.63) is 11.6 Å². The maximum Gasteiger partial charge on any atom is 0.331 e. The largest absolute Gasteiger partial charge is 0.458 e. The number of rotatable bonds is 5. The average Bonchev–Trinajstić information content (AvgIpc) is 3.42. The van der Waals surface area contributed by atoms with Gasteiger partial charge < -0.3 is 39.4 Å². The molecule has 0 aromatic carbocycles. The second-order valence-electron chi connectivity index (χ2n) is 13.2. The van der Waals surface area contributed by atoms with Crippen LogP contribution in [-0.2, 0) is 23.8 Å². The molecule has 4 N–H and O–H groups in total. The van der Waals surface area contributed by atoms with Gasteiger partial charge in [0.05, 0.1) is 41.5 Å². The molecule has 0 amide bonds. The summed E-state index contributed by atoms with van der Waals surface area (Å²) in [5.74, 6) is -0.464. The number of ether oxygens (including phenoxy) is 3. The number of aliphatic hydroxyl groups is 4. The van der Waals surface area contributed by atoms with Gasteiger partial charge in [0.15, 0.2) is 6.29 Å². The van der Waals surface area contributed by atoms with Gasteiger partial charge in [-0.3, -0.25) is 0 Å². The van der Waals surface area contributed by atoms with Crippen LogP contribution >= 0.6 is 0 Å². The molecule has 4 saturated carbocycles. The maximum absolute atomic E-state index is 13.0. The van der Waals surface area contributed by atoms with Gasteiger partial charge in [-0.1, -0.05) is 6.92 Å². The molecule has 9 nitrogen and oxygen atoms in total. The molecule has 2 aliphatic heterocycles. The zero-order valence-corrected chi connectivity index (χ0v) is 22.2. The molecular weight excluding hydrogens is 492 g/mol. The zero-order chi connectivity index (χ0) is 26.9. The lowest BCUT2D eigenvalue weighted by Crippen LogP contribution is -2.69. The lowest BCUT2D eigenvalue weighted by Gasteiger charge is -2.65. The normalized spacial score (nSPS) is 52.4. The Labute approximate surface area is 223 Å². The molecule has 2 heterocycles. The Bertz CT molecular complexity index is 999. The Hall–Kier alpha value is -1.36. The van der Waals surface area contributed by atoms with E-state index in [1.807, 2.05) is 0 Å². The first kappa shape index (κ1) is 26.8. The molecule has 0 radical (unpaired) electrons. The average molecular weight is 535 g/mol. The van der Waals surface area contributed by atoms with Crippen molar-refractivity contribution in [1.29, 1.82) is 0 Å². The first-order valence-electron chi connectivity index (χ1n) is 14.5. The fraction of sp³-hybridized carbons (Fsp3) is 0.862. The van der Waals surface area contributed by atoms with Crippen LogP contribution < -0.4 is 0 Å². The molecule has 0 spiro atoms. The van der Waals surface area contributed by atoms with Gasteiger partial charge in [-0.2, -0.15) is 0 Å². The Morgan fingerprint density at radius 1 is 1.08 bits per heavy atom. The number of hydrogen-bond donors (Lipinski definition) is 4. The molecule has 5 fully saturated rings. The molecule has 1 saturated heterocycles. The van der Waals surface area contributed by atoms with E-state index in [0.29, 0.717) is 58.0 Å². The number of fused-ring (bicyclic) bond motifs is 5. The van der Waals surface area contributed by atoms with Crippen molar-refractivity contribution in [2.75, 3.05) is 13.2 Å². The van der Waals surface area contributed by atoms with Crippen molar-refractivity contribution in [2.24, 2.45) is 28.6 Å². The molecule has 0 aromatic heterocycles. The fourth-order valence-corrected chi connectivity index (χ4v) is 9.80. The van der Waals surface area contributed by atoms with Gasteiger partial charge in [-0.25, -0.2) is 4.79 Å². The third kappa shape index (κ3) is 3.79. The van der Waals surface area contributed by atoms with Crippen molar-refractivity contribution < 1.29 is 44.2 Å². The van der Waals surface area contributed by atoms with Crippen LogP contribution in [0, 0.1) is 28.6 Å². The standard InChI is InChI=1S/C29H42O9/c1-26-6-3-22-23(29(26,35)9-5-21(26)17-10-24(33)36-15-17)4-8-28(34)13-19(2-7-27(22,28)16-31)37-25-12-18(32)11-20(14-30)38-25/h10,16,18-23,25,30,32,34-35H,2-9,11-15H2,1H3. The Morgan fingerprint density at radius 2 is 1.87 bits per heavy atom. The lowest BCUT2D eigenvalue weighted by molar-refractivity contribution is -0.277. The number of aldehydes is 1. The van der Waals surface area contributed by atoms with Crippen molar-refractivity contribution in [3.63, 3.8) is 0 Å². The second kappa shape index (κ2) is 9.35. The predicted molar refractivity (Wildman–Crippen MR) is 133 cm³/mol. The first-order chi connectivity index (χ1) is 18.1. The summed E-state index contributed by atoms with van der Waals surface area (Å²) < 4.78 is 17.2. The third-order valence-electron chi connectivity index (χ3n) is 11.7. The lowest BCUT2D eigenvalue weighted by atomic mass is 9.41. The molecule has 11 unspecified atom stereocenters. The highest BCUT2D eigenvalue weighted by Crippen LogP contribution is 2.70. The SMILES string of the molecule is CC12CCC3C(CCC4(O)CC(OC5CC(O)CC(CO)O5)CCC34C=O)C1(O)CCC2C1=CC(=O)OC1. The quantitative estimate of drug-likeness (QED) is 0.236. The smallest absolute Gasteiger partial charge is 0.331 e. The van der Waals surface area contributed by atoms with Crippen LogP contribution in [0.2, 0.25) is 0 Å². The first-order valence-corrected chi connectivity index (χ1v) is 14.5. The molecule has 38 heavy (non-hydrogen) atoms. The highest BCUT2D eigenvalue weighted by atomic mass is 16.7. The summed E-state index contributed by atoms with van der Waals surface area (Å²) in [6, 6.07) is 0. The van der Waals surface area contributed by atoms with Gasteiger partial charge in [0.25, 0.3) is 0 Å². The van der Waals surface area contributed by atoms with Crippen molar-refractivity contribution in [1.82, 2.24) is 0 Å². The van der Waals surface area contributed by atoms with Gasteiger partial charge in [0, 0.05) is 30.8 Å². The summed E-state index contributed by atoms with van der Waals surface area (Å²) in [4.78, 5) is 24.7. The second-order valence-corrected chi connectivity index (χ2v) is 13.2. The Morgan fingerprint density at radius 3 is 2.58 bits per heavy atom. The van der Waals surface area contributed by atoms with Crippen LogP contribution in [0.1, 0.15) is 77.6 Å². The van der Waals surface area contributed by atoms with Crippen LogP contribution in [0.5, 0.6) is 0 Å². The minimum Gasteiger partial charge on any atom is -0.458 e. The molecule has 6 aliphatic rings. The number of aliphatic hydroxyl groups excluding tert-OH is 2. The summed E-state index contributed by atoms with van der Waals surface area (Å²) in [6.07, 6.45) is 6.46. The summed E-state index contributed by atoms with van der Waals surface area (Å²) in [7, 11) is 0. The van der Waals surface area contributed by atoms with E-state index in [2.05, 4.69) is 6.92 Å². The Balaban J connectivity index is 1.22. The zero-order valence-electron chi connectivity index (χ0n) is 22.2. The third-order valence-corrected chi connectivity index (χ3v) is 11.7. The molecule has 9 heteroatoms. The van der Waals surface area contributed by atoms with E-state index in [0.717, 1.165) is 31.1 Å². The van der Waals surface area contributed by atoms with E-state index >= 15 is 0 Å². The molecule has 212 valence electrons. The van der Waals surface area contributed by atoms with Gasteiger partial charge in [-0.05, 0) is 74.7 Å². The van der Waals surface area contributed by atoms with Crippen LogP contribution in [0.4, 0.5) is 0 Å². The summed E-state index contributed by atoms with van der Waals surface area (Å²) in [5, 5.41) is 44.1. The molecular formula is C29H42O9. The molecule has 0 bridgehead atoms. The molecule has 0 aromatic rings. The van der Waals surface area contributed by atoms with E-state index < -0.39 is 40.5 Å². The highest BCUT2D eigenvalue weighted by Gasteiger charge is 2.71. The maximum atomic E-state index is 13.0. The topological polar surface area (TPSA) is 143 Å². The summed E-state index contributed by atoms with van der Waals surface area (Å²) in [6.45, 7) is 2.25. The van der Waals surface area contributed by atoms with E-state index in [9.17, 15) is 30.0 Å². The molecule has 6 rings (SSSR count). The minimum absolute atomic E-state index is 0.0746. The van der Waals surface area contributed by atoms with Crippen LogP contribution in [0.25, 0.3) is 0 Å². The van der Waals surface area contributed by atoms with Crippen molar-refractivity contribution in [2.45, 2.75) is 113 Å². The predicted octanol–water partition coefficient (Wildman–Crippen LogP) is 1.78. The number of cyclic esters (lactones) is 1. The summed E-state index contributed by atoms with van der Waals surface area (Å²) >= 11 is 0. The van der Waals surface area contributed by atoms with E-state index in [4.69, 9.17) is 14.2 Å². The monoisotopic (exact) mass is 534 g/mol. The summed E-state index contributed by atoms with van der Waals surface area (Å²) in [5.41, 5.74) is -2.59. The van der Waals surface area contributed by atoms with Gasteiger partial charge in [-0.15, -0.1) is 0 Å². The number of carbonyl (C=O) groups excluding carboxylic acids is 2. The van der Waals surface area contributed by atoms with E-state index in [1.54, 1.807) is 6.08 Å². The van der Waals surface area contributed by atoms with Crippen LogP contribution in [0.15, 0.2) is 11.6 Å². The van der Waals surface area contributed by atoms with Gasteiger partial charge in [0.2, 0.25) is 0 Å². The number of carbonyl (C=O) groups is 2. The highest BCUT2D eigenvalue weighted by molar-refractivity contribution is 5.85. The van der Waals surface area contributed by atoms with Crippen LogP contribution in [0.3, 0.4) is 0 Å². The van der Waals surface area contributed by atoms with Gasteiger partial charge >= 0.3 is 5.97 Å². The minimum atomic E-state index is -1.24. The Kier molecular flexibility index (Phi) is 6.60. The number of esters is 1. The van der Waals surface area contributed by atoms with Crippen LogP contribution in [-0.4, -0.2) is 81.7 Å². The van der Waals surface area contributed by atoms with E-state index in [1.165, 1.54) is 0 Å². The van der Waals surface area contributed by atoms with Gasteiger partial charge in [0.1, 0.15) is 12.9 Å². The van der Waals surface area contributed by atoms with E-state index in [-0.39, 0.29) is 36.4 Å². The van der Waals surface area contributed by atoms with Crippen molar-refractivity contribution in [3.8, 4) is 0 Å².